The van der Waals surface area contributed by atoms with E-state index in [1.165, 1.54) is 0 Å². The number of ether oxygens (including phenoxy) is 1. The van der Waals surface area contributed by atoms with E-state index in [9.17, 15) is 0 Å². The van der Waals surface area contributed by atoms with Crippen LogP contribution in [0.4, 0.5) is 5.69 Å². The normalized spacial score (nSPS) is 12.5. The Kier molecular flexibility index (Phi) is 2.72. The van der Waals surface area contributed by atoms with Crippen molar-refractivity contribution in [2.75, 3.05) is 18.5 Å². The van der Waals surface area contributed by atoms with E-state index < -0.39 is 0 Å². The van der Waals surface area contributed by atoms with Gasteiger partial charge in [-0.05, 0) is 18.2 Å². The Bertz CT molecular complexity index is 344. The number of nitriles is 1. The summed E-state index contributed by atoms with van der Waals surface area (Å²) in [4.78, 5) is 0. The van der Waals surface area contributed by atoms with Gasteiger partial charge >= 0.3 is 0 Å². The minimum absolute atomic E-state index is 0. The zero-order chi connectivity index (χ0) is 8.39. The molecule has 1 aliphatic rings. The van der Waals surface area contributed by atoms with E-state index in [1.807, 2.05) is 6.07 Å². The van der Waals surface area contributed by atoms with Crippen molar-refractivity contribution in [3.05, 3.63) is 23.8 Å². The zero-order valence-electron chi connectivity index (χ0n) is 7.00. The standard InChI is InChI=1S/C9H8N2O.H2O/c10-6-7-1-2-9-8(5-7)11-3-4-12-9;/h1-2,5,11H,3-4H2;1H2. The smallest absolute Gasteiger partial charge is 0.142 e. The van der Waals surface area contributed by atoms with E-state index in [-0.39, 0.29) is 5.48 Å². The molecule has 1 aromatic carbocycles. The number of rotatable bonds is 0. The maximum absolute atomic E-state index is 8.62. The molecule has 0 fully saturated rings. The molecule has 4 heteroatoms. The molecule has 0 radical (unpaired) electrons. The summed E-state index contributed by atoms with van der Waals surface area (Å²) in [5.74, 6) is 0.834. The van der Waals surface area contributed by atoms with Crippen LogP contribution < -0.4 is 10.1 Å². The van der Waals surface area contributed by atoms with Gasteiger partial charge in [0.15, 0.2) is 0 Å². The summed E-state index contributed by atoms with van der Waals surface area (Å²) in [5, 5.41) is 11.8. The topological polar surface area (TPSA) is 76.5 Å². The summed E-state index contributed by atoms with van der Waals surface area (Å²) >= 11 is 0. The molecule has 0 saturated heterocycles. The Hall–Kier alpha value is -1.73. The zero-order valence-corrected chi connectivity index (χ0v) is 7.00. The second-order valence-electron chi connectivity index (χ2n) is 2.60. The van der Waals surface area contributed by atoms with Crippen molar-refractivity contribution in [1.82, 2.24) is 0 Å². The monoisotopic (exact) mass is 178 g/mol. The summed E-state index contributed by atoms with van der Waals surface area (Å²) in [5.41, 5.74) is 1.58. The Balaban J connectivity index is 0.000000845. The van der Waals surface area contributed by atoms with Crippen molar-refractivity contribution >= 4 is 5.69 Å². The molecule has 0 spiro atoms. The van der Waals surface area contributed by atoms with Crippen LogP contribution in [0, 0.1) is 11.3 Å². The number of hydrogen-bond donors (Lipinski definition) is 1. The lowest BCUT2D eigenvalue weighted by Gasteiger charge is -2.18. The van der Waals surface area contributed by atoms with Crippen LogP contribution >= 0.6 is 0 Å². The third kappa shape index (κ3) is 1.71. The minimum atomic E-state index is 0. The largest absolute Gasteiger partial charge is 0.490 e. The Labute approximate surface area is 76.1 Å². The second-order valence-corrected chi connectivity index (χ2v) is 2.60. The highest BCUT2D eigenvalue weighted by Gasteiger charge is 2.08. The second kappa shape index (κ2) is 3.78. The van der Waals surface area contributed by atoms with Crippen molar-refractivity contribution < 1.29 is 10.2 Å². The van der Waals surface area contributed by atoms with E-state index in [1.54, 1.807) is 12.1 Å². The average Bonchev–Trinajstić information content (AvgIpc) is 2.17. The molecule has 1 aliphatic heterocycles. The molecule has 2 rings (SSSR count). The molecule has 1 aromatic rings. The van der Waals surface area contributed by atoms with Crippen LogP contribution in [0.15, 0.2) is 18.2 Å². The van der Waals surface area contributed by atoms with Crippen LogP contribution in [0.5, 0.6) is 5.75 Å². The van der Waals surface area contributed by atoms with E-state index in [4.69, 9.17) is 10.00 Å². The number of nitrogens with one attached hydrogen (secondary N) is 1. The number of benzene rings is 1. The van der Waals surface area contributed by atoms with Gasteiger partial charge < -0.3 is 15.5 Å². The van der Waals surface area contributed by atoms with Crippen LogP contribution in [0.25, 0.3) is 0 Å². The fraction of sp³-hybridized carbons (Fsp3) is 0.222. The molecule has 1 heterocycles. The van der Waals surface area contributed by atoms with Gasteiger partial charge in [0.25, 0.3) is 0 Å². The first kappa shape index (κ1) is 9.36. The summed E-state index contributed by atoms with van der Waals surface area (Å²) in [6, 6.07) is 7.46. The third-order valence-corrected chi connectivity index (χ3v) is 1.78. The predicted octanol–water partition coefficient (Wildman–Crippen LogP) is 0.538. The first-order valence-corrected chi connectivity index (χ1v) is 3.81. The number of nitrogens with zero attached hydrogens (tertiary/aromatic N) is 1. The molecule has 3 N–H and O–H groups in total. The molecule has 0 saturated carbocycles. The third-order valence-electron chi connectivity index (χ3n) is 1.78. The molecular formula is C9H10N2O2. The van der Waals surface area contributed by atoms with E-state index in [0.717, 1.165) is 18.0 Å². The van der Waals surface area contributed by atoms with Gasteiger partial charge in [-0.3, -0.25) is 0 Å². The molecule has 0 amide bonds. The van der Waals surface area contributed by atoms with Crippen LogP contribution in [-0.4, -0.2) is 18.6 Å². The first-order valence-electron chi connectivity index (χ1n) is 3.81. The fourth-order valence-corrected chi connectivity index (χ4v) is 1.21. The lowest BCUT2D eigenvalue weighted by molar-refractivity contribution is 0.323. The molecule has 68 valence electrons. The van der Waals surface area contributed by atoms with Gasteiger partial charge in [0.05, 0.1) is 17.3 Å². The van der Waals surface area contributed by atoms with E-state index in [0.29, 0.717) is 12.2 Å². The summed E-state index contributed by atoms with van der Waals surface area (Å²) < 4.78 is 5.35. The van der Waals surface area contributed by atoms with Crippen LogP contribution in [0.2, 0.25) is 0 Å². The van der Waals surface area contributed by atoms with Crippen molar-refractivity contribution in [3.8, 4) is 11.8 Å². The summed E-state index contributed by atoms with van der Waals surface area (Å²) in [7, 11) is 0. The van der Waals surface area contributed by atoms with Gasteiger partial charge in [-0.2, -0.15) is 5.26 Å². The highest BCUT2D eigenvalue weighted by Crippen LogP contribution is 2.27. The van der Waals surface area contributed by atoms with Crippen molar-refractivity contribution in [3.63, 3.8) is 0 Å². The van der Waals surface area contributed by atoms with Gasteiger partial charge in [-0.1, -0.05) is 0 Å². The molecule has 0 aromatic heterocycles. The first-order chi connectivity index (χ1) is 5.90. The van der Waals surface area contributed by atoms with Crippen LogP contribution in [0.3, 0.4) is 0 Å². The van der Waals surface area contributed by atoms with Crippen molar-refractivity contribution in [1.29, 1.82) is 5.26 Å². The summed E-state index contributed by atoms with van der Waals surface area (Å²) in [6.45, 7) is 1.50. The molecule has 0 bridgehead atoms. The van der Waals surface area contributed by atoms with Crippen LogP contribution in [0.1, 0.15) is 5.56 Å². The average molecular weight is 178 g/mol. The lowest BCUT2D eigenvalue weighted by Crippen LogP contribution is -2.17. The maximum Gasteiger partial charge on any atom is 0.142 e. The quantitative estimate of drug-likeness (QED) is 0.629. The molecule has 4 nitrogen and oxygen atoms in total. The number of hydrogen-bond acceptors (Lipinski definition) is 3. The lowest BCUT2D eigenvalue weighted by atomic mass is 10.2. The van der Waals surface area contributed by atoms with E-state index in [2.05, 4.69) is 11.4 Å². The van der Waals surface area contributed by atoms with Crippen LogP contribution in [-0.2, 0) is 0 Å². The Morgan fingerprint density at radius 3 is 3.08 bits per heavy atom. The van der Waals surface area contributed by atoms with Gasteiger partial charge in [-0.25, -0.2) is 0 Å². The number of fused-ring (bicyclic) bond motifs is 1. The fourth-order valence-electron chi connectivity index (χ4n) is 1.21. The minimum Gasteiger partial charge on any atom is -0.490 e. The number of anilines is 1. The van der Waals surface area contributed by atoms with E-state index >= 15 is 0 Å². The van der Waals surface area contributed by atoms with Gasteiger partial charge in [0, 0.05) is 6.54 Å². The Morgan fingerprint density at radius 2 is 2.31 bits per heavy atom. The Morgan fingerprint density at radius 1 is 1.46 bits per heavy atom. The summed E-state index contributed by atoms with van der Waals surface area (Å²) in [6.07, 6.45) is 0. The van der Waals surface area contributed by atoms with Crippen molar-refractivity contribution in [2.24, 2.45) is 0 Å². The van der Waals surface area contributed by atoms with Gasteiger partial charge in [-0.15, -0.1) is 0 Å². The highest BCUT2D eigenvalue weighted by atomic mass is 16.5. The molecular weight excluding hydrogens is 168 g/mol. The molecule has 0 atom stereocenters. The van der Waals surface area contributed by atoms with Gasteiger partial charge in [0.2, 0.25) is 0 Å². The SMILES string of the molecule is N#Cc1ccc2c(c1)NCCO2.O. The highest BCUT2D eigenvalue weighted by molar-refractivity contribution is 5.60. The maximum atomic E-state index is 8.62. The molecule has 0 unspecified atom stereocenters. The predicted molar refractivity (Wildman–Crippen MR) is 48.8 cm³/mol. The molecule has 13 heavy (non-hydrogen) atoms. The van der Waals surface area contributed by atoms with Crippen molar-refractivity contribution in [2.45, 2.75) is 0 Å². The molecule has 0 aliphatic carbocycles. The van der Waals surface area contributed by atoms with Gasteiger partial charge in [0.1, 0.15) is 12.4 Å².